The molecule has 0 spiro atoms. The lowest BCUT2D eigenvalue weighted by atomic mass is 9.95. The molecule has 0 aliphatic heterocycles. The lowest BCUT2D eigenvalue weighted by molar-refractivity contribution is -0.119. The zero-order chi connectivity index (χ0) is 19.2. The number of carbonyl (C=O) groups is 1. The van der Waals surface area contributed by atoms with Gasteiger partial charge in [-0.1, -0.05) is 56.4 Å². The Balaban J connectivity index is 1.43. The minimum Gasteiger partial charge on any atom is -0.353 e. The molecule has 2 heterocycles. The second-order valence-corrected chi connectivity index (χ2v) is 9.98. The van der Waals surface area contributed by atoms with E-state index in [2.05, 4.69) is 37.6 Å². The number of hydrogen-bond donors (Lipinski definition) is 1. The van der Waals surface area contributed by atoms with Gasteiger partial charge in [0.25, 0.3) is 0 Å². The van der Waals surface area contributed by atoms with Crippen molar-refractivity contribution in [2.75, 3.05) is 5.75 Å². The van der Waals surface area contributed by atoms with Crippen LogP contribution in [0.1, 0.15) is 81.0 Å². The fraction of sp³-hybridized carbons (Fsp3) is 0.667. The van der Waals surface area contributed by atoms with Gasteiger partial charge in [-0.2, -0.15) is 0 Å². The summed E-state index contributed by atoms with van der Waals surface area (Å²) in [5.74, 6) is 1.61. The fourth-order valence-corrected chi connectivity index (χ4v) is 5.98. The number of aromatic nitrogens is 3. The van der Waals surface area contributed by atoms with Crippen molar-refractivity contribution in [2.45, 2.75) is 87.9 Å². The van der Waals surface area contributed by atoms with Gasteiger partial charge in [0, 0.05) is 23.4 Å². The first kappa shape index (κ1) is 20.0. The highest BCUT2D eigenvalue weighted by Crippen LogP contribution is 2.33. The smallest absolute Gasteiger partial charge is 0.230 e. The average Bonchev–Trinajstić information content (AvgIpc) is 3.38. The minimum absolute atomic E-state index is 0.134. The van der Waals surface area contributed by atoms with Crippen LogP contribution in [0.2, 0.25) is 0 Å². The van der Waals surface area contributed by atoms with E-state index in [1.54, 1.807) is 23.1 Å². The Morgan fingerprint density at radius 3 is 2.57 bits per heavy atom. The van der Waals surface area contributed by atoms with Gasteiger partial charge in [0.2, 0.25) is 5.91 Å². The highest BCUT2D eigenvalue weighted by Gasteiger charge is 2.24. The first-order valence-electron chi connectivity index (χ1n) is 10.7. The Hall–Kier alpha value is -1.34. The summed E-state index contributed by atoms with van der Waals surface area (Å²) < 4.78 is 2.34. The maximum absolute atomic E-state index is 12.4. The standard InChI is InChI=1S/C21H30N4OS2/c26-20(22-16-8-3-1-4-9-16)15-28-21-24-23-19(14-18-12-7-13-27-18)25(21)17-10-5-2-6-11-17/h7,12-13,16-17H,1-6,8-11,14-15H2,(H,22,26). The Labute approximate surface area is 175 Å². The maximum atomic E-state index is 12.4. The SMILES string of the molecule is O=C(CSc1nnc(Cc2cccs2)n1C1CCCCC1)NC1CCCCC1. The van der Waals surface area contributed by atoms with Gasteiger partial charge in [0.05, 0.1) is 5.75 Å². The van der Waals surface area contributed by atoms with Gasteiger partial charge in [-0.3, -0.25) is 4.79 Å². The summed E-state index contributed by atoms with van der Waals surface area (Å²) in [5, 5.41) is 15.3. The normalized spacial score (nSPS) is 19.0. The molecule has 0 unspecified atom stereocenters. The van der Waals surface area contributed by atoms with Gasteiger partial charge < -0.3 is 9.88 Å². The summed E-state index contributed by atoms with van der Waals surface area (Å²) in [4.78, 5) is 13.8. The third-order valence-corrected chi connectivity index (χ3v) is 7.71. The van der Waals surface area contributed by atoms with Crippen LogP contribution in [0, 0.1) is 0 Å². The van der Waals surface area contributed by atoms with Crippen molar-refractivity contribution in [3.05, 3.63) is 28.2 Å². The number of hydrogen-bond acceptors (Lipinski definition) is 5. The number of thioether (sulfide) groups is 1. The topological polar surface area (TPSA) is 59.8 Å². The molecule has 7 heteroatoms. The van der Waals surface area contributed by atoms with E-state index >= 15 is 0 Å². The van der Waals surface area contributed by atoms with E-state index in [4.69, 9.17) is 0 Å². The molecule has 2 aliphatic carbocycles. The molecule has 0 aromatic carbocycles. The van der Waals surface area contributed by atoms with E-state index in [9.17, 15) is 4.79 Å². The van der Waals surface area contributed by atoms with Crippen LogP contribution >= 0.6 is 23.1 Å². The molecule has 0 saturated heterocycles. The predicted molar refractivity (Wildman–Crippen MR) is 115 cm³/mol. The molecule has 152 valence electrons. The number of carbonyl (C=O) groups excluding carboxylic acids is 1. The zero-order valence-electron chi connectivity index (χ0n) is 16.4. The van der Waals surface area contributed by atoms with Crippen LogP contribution in [-0.4, -0.2) is 32.5 Å². The van der Waals surface area contributed by atoms with E-state index in [0.29, 0.717) is 17.8 Å². The number of nitrogens with zero attached hydrogens (tertiary/aromatic N) is 3. The summed E-state index contributed by atoms with van der Waals surface area (Å²) in [7, 11) is 0. The van der Waals surface area contributed by atoms with Crippen LogP contribution in [0.3, 0.4) is 0 Å². The Morgan fingerprint density at radius 1 is 1.11 bits per heavy atom. The van der Waals surface area contributed by atoms with Crippen LogP contribution in [0.5, 0.6) is 0 Å². The minimum atomic E-state index is 0.134. The molecule has 1 amide bonds. The van der Waals surface area contributed by atoms with Crippen LogP contribution < -0.4 is 5.32 Å². The Bertz CT molecular complexity index is 747. The summed E-state index contributed by atoms with van der Waals surface area (Å²) in [6.45, 7) is 0. The second kappa shape index (κ2) is 9.92. The zero-order valence-corrected chi connectivity index (χ0v) is 18.1. The van der Waals surface area contributed by atoms with Gasteiger partial charge in [0.1, 0.15) is 5.82 Å². The Kier molecular flexibility index (Phi) is 7.07. The molecule has 2 saturated carbocycles. The van der Waals surface area contributed by atoms with E-state index in [-0.39, 0.29) is 5.91 Å². The fourth-order valence-electron chi connectivity index (χ4n) is 4.45. The van der Waals surface area contributed by atoms with Gasteiger partial charge in [-0.05, 0) is 37.1 Å². The molecule has 1 N–H and O–H groups in total. The van der Waals surface area contributed by atoms with Gasteiger partial charge in [-0.25, -0.2) is 0 Å². The largest absolute Gasteiger partial charge is 0.353 e. The molecule has 2 aliphatic rings. The summed E-state index contributed by atoms with van der Waals surface area (Å²) in [6, 6.07) is 5.09. The average molecular weight is 419 g/mol. The monoisotopic (exact) mass is 418 g/mol. The predicted octanol–water partition coefficient (Wildman–Crippen LogP) is 4.98. The van der Waals surface area contributed by atoms with Crippen LogP contribution in [0.25, 0.3) is 0 Å². The van der Waals surface area contributed by atoms with Crippen molar-refractivity contribution in [2.24, 2.45) is 0 Å². The molecule has 28 heavy (non-hydrogen) atoms. The third-order valence-electron chi connectivity index (χ3n) is 5.89. The number of thiophene rings is 1. The summed E-state index contributed by atoms with van der Waals surface area (Å²) >= 11 is 3.32. The molecule has 4 rings (SSSR count). The Morgan fingerprint density at radius 2 is 1.86 bits per heavy atom. The first-order chi connectivity index (χ1) is 13.8. The van der Waals surface area contributed by atoms with E-state index in [0.717, 1.165) is 30.2 Å². The van der Waals surface area contributed by atoms with Crippen molar-refractivity contribution >= 4 is 29.0 Å². The van der Waals surface area contributed by atoms with Crippen molar-refractivity contribution < 1.29 is 4.79 Å². The maximum Gasteiger partial charge on any atom is 0.230 e. The molecule has 2 fully saturated rings. The highest BCUT2D eigenvalue weighted by molar-refractivity contribution is 7.99. The van der Waals surface area contributed by atoms with Crippen molar-refractivity contribution in [3.8, 4) is 0 Å². The summed E-state index contributed by atoms with van der Waals surface area (Å²) in [6.07, 6.45) is 13.1. The lowest BCUT2D eigenvalue weighted by Gasteiger charge is -2.26. The van der Waals surface area contributed by atoms with Crippen LogP contribution in [0.4, 0.5) is 0 Å². The van der Waals surface area contributed by atoms with Crippen LogP contribution in [-0.2, 0) is 11.2 Å². The summed E-state index contributed by atoms with van der Waals surface area (Å²) in [5.41, 5.74) is 0. The molecule has 0 bridgehead atoms. The number of rotatable bonds is 7. The molecule has 0 atom stereocenters. The quantitative estimate of drug-likeness (QED) is 0.645. The number of nitrogens with one attached hydrogen (secondary N) is 1. The number of amides is 1. The second-order valence-electron chi connectivity index (χ2n) is 8.01. The van der Waals surface area contributed by atoms with Crippen molar-refractivity contribution in [1.29, 1.82) is 0 Å². The molecule has 2 aromatic rings. The molecule has 0 radical (unpaired) electrons. The van der Waals surface area contributed by atoms with Crippen LogP contribution in [0.15, 0.2) is 22.7 Å². The first-order valence-corrected chi connectivity index (χ1v) is 12.5. The molecule has 5 nitrogen and oxygen atoms in total. The lowest BCUT2D eigenvalue weighted by Crippen LogP contribution is -2.37. The molecular weight excluding hydrogens is 388 g/mol. The molecular formula is C21H30N4OS2. The van der Waals surface area contributed by atoms with E-state index < -0.39 is 0 Å². The van der Waals surface area contributed by atoms with E-state index in [1.165, 1.54) is 56.2 Å². The van der Waals surface area contributed by atoms with Gasteiger partial charge in [0.15, 0.2) is 5.16 Å². The highest BCUT2D eigenvalue weighted by atomic mass is 32.2. The molecule has 2 aromatic heterocycles. The van der Waals surface area contributed by atoms with Crippen molar-refractivity contribution in [3.63, 3.8) is 0 Å². The third kappa shape index (κ3) is 5.17. The van der Waals surface area contributed by atoms with E-state index in [1.807, 2.05) is 0 Å². The van der Waals surface area contributed by atoms with Gasteiger partial charge in [-0.15, -0.1) is 21.5 Å². The van der Waals surface area contributed by atoms with Crippen molar-refractivity contribution in [1.82, 2.24) is 20.1 Å². The van der Waals surface area contributed by atoms with Gasteiger partial charge >= 0.3 is 0 Å².